The van der Waals surface area contributed by atoms with Crippen LogP contribution in [-0.4, -0.2) is 4.63 Å². The van der Waals surface area contributed by atoms with Gasteiger partial charge in [-0.1, -0.05) is 6.07 Å². The van der Waals surface area contributed by atoms with Crippen LogP contribution in [0.5, 0.6) is 0 Å². The molecule has 11 heavy (non-hydrogen) atoms. The molecule has 0 fully saturated rings. The van der Waals surface area contributed by atoms with Gasteiger partial charge in [0.05, 0.1) is 5.69 Å². The summed E-state index contributed by atoms with van der Waals surface area (Å²) < 4.78 is 12.3. The number of nitrogens with zero attached hydrogens (tertiary/aromatic N) is 1. The zero-order chi connectivity index (χ0) is 8.27. The number of hydrogen-bond acceptors (Lipinski definition) is 1. The Hall–Kier alpha value is -0.600. The van der Waals surface area contributed by atoms with E-state index >= 15 is 0 Å². The van der Waals surface area contributed by atoms with E-state index in [4.69, 9.17) is 23.2 Å². The molecule has 0 atom stereocenters. The van der Waals surface area contributed by atoms with Crippen LogP contribution >= 0.6 is 23.2 Å². The molecule has 1 aromatic carbocycles. The third-order valence-electron chi connectivity index (χ3n) is 1.02. The van der Waals surface area contributed by atoms with Gasteiger partial charge in [0, 0.05) is 0 Å². The lowest BCUT2D eigenvalue weighted by atomic mass is 10.3. The van der Waals surface area contributed by atoms with Crippen molar-refractivity contribution in [2.24, 2.45) is 4.99 Å². The summed E-state index contributed by atoms with van der Waals surface area (Å²) in [4.78, 5) is 3.63. The molecule has 0 aliphatic carbocycles. The molecule has 0 saturated heterocycles. The lowest BCUT2D eigenvalue weighted by molar-refractivity contribution is 0.628. The summed E-state index contributed by atoms with van der Waals surface area (Å²) in [5.74, 6) is -0.360. The number of halogens is 3. The molecule has 1 nitrogen and oxygen atoms in total. The maximum atomic E-state index is 12.5. The minimum absolute atomic E-state index is 0.129. The predicted octanol–water partition coefficient (Wildman–Crippen LogP) is 3.29. The standard InChI is InChI=1S/C7H4Cl2FN/c8-7(9)11-6-3-1-2-5(10)4-6/h1-4H. The molecule has 0 N–H and O–H groups in total. The second-order valence-corrected chi connectivity index (χ2v) is 2.74. The van der Waals surface area contributed by atoms with Crippen LogP contribution in [0.4, 0.5) is 10.1 Å². The lowest BCUT2D eigenvalue weighted by Gasteiger charge is -1.91. The Morgan fingerprint density at radius 2 is 2.09 bits per heavy atom. The molecule has 1 rings (SSSR count). The Balaban J connectivity index is 2.97. The van der Waals surface area contributed by atoms with Crippen LogP contribution in [0.1, 0.15) is 0 Å². The third-order valence-corrected chi connectivity index (χ3v) is 1.19. The first-order valence-electron chi connectivity index (χ1n) is 2.84. The highest BCUT2D eigenvalue weighted by atomic mass is 35.5. The molecule has 0 radical (unpaired) electrons. The molecule has 0 heterocycles. The first-order chi connectivity index (χ1) is 5.18. The molecule has 58 valence electrons. The monoisotopic (exact) mass is 191 g/mol. The van der Waals surface area contributed by atoms with Gasteiger partial charge in [-0.2, -0.15) is 0 Å². The third kappa shape index (κ3) is 2.87. The minimum atomic E-state index is -0.360. The van der Waals surface area contributed by atoms with Crippen LogP contribution in [0.2, 0.25) is 0 Å². The second kappa shape index (κ2) is 3.69. The van der Waals surface area contributed by atoms with Gasteiger partial charge >= 0.3 is 0 Å². The molecular weight excluding hydrogens is 188 g/mol. The van der Waals surface area contributed by atoms with Crippen LogP contribution < -0.4 is 0 Å². The first-order valence-corrected chi connectivity index (χ1v) is 3.59. The molecule has 0 aromatic heterocycles. The first kappa shape index (κ1) is 8.50. The summed E-state index contributed by atoms with van der Waals surface area (Å²) >= 11 is 10.5. The summed E-state index contributed by atoms with van der Waals surface area (Å²) in [6.07, 6.45) is 0. The van der Waals surface area contributed by atoms with Crippen molar-refractivity contribution in [3.8, 4) is 0 Å². The molecule has 0 bridgehead atoms. The predicted molar refractivity (Wildman–Crippen MR) is 45.2 cm³/mol. The fraction of sp³-hybridized carbons (Fsp3) is 0. The van der Waals surface area contributed by atoms with Gasteiger partial charge in [0.1, 0.15) is 5.82 Å². The molecular formula is C7H4Cl2FN. The van der Waals surface area contributed by atoms with E-state index in [9.17, 15) is 4.39 Å². The van der Waals surface area contributed by atoms with Crippen LogP contribution in [0.3, 0.4) is 0 Å². The summed E-state index contributed by atoms with van der Waals surface area (Å²) in [7, 11) is 0. The average molecular weight is 192 g/mol. The van der Waals surface area contributed by atoms with Crippen molar-refractivity contribution >= 4 is 33.5 Å². The fourth-order valence-electron chi connectivity index (χ4n) is 0.643. The molecule has 4 heteroatoms. The highest BCUT2D eigenvalue weighted by Crippen LogP contribution is 2.14. The van der Waals surface area contributed by atoms with Crippen LogP contribution in [0.15, 0.2) is 29.3 Å². The van der Waals surface area contributed by atoms with Crippen LogP contribution in [0, 0.1) is 5.82 Å². The zero-order valence-electron chi connectivity index (χ0n) is 5.39. The SMILES string of the molecule is Fc1cccc(N=C(Cl)Cl)c1. The lowest BCUT2D eigenvalue weighted by Crippen LogP contribution is -1.73. The van der Waals surface area contributed by atoms with Gasteiger partial charge in [0.2, 0.25) is 0 Å². The number of benzene rings is 1. The molecule has 1 aromatic rings. The molecule has 0 aliphatic rings. The summed E-state index contributed by atoms with van der Waals surface area (Å²) in [6, 6.07) is 5.70. The summed E-state index contributed by atoms with van der Waals surface area (Å²) in [6.45, 7) is 0. The molecule has 0 spiro atoms. The quantitative estimate of drug-likeness (QED) is 0.605. The van der Waals surface area contributed by atoms with E-state index in [-0.39, 0.29) is 10.4 Å². The Morgan fingerprint density at radius 1 is 1.36 bits per heavy atom. The van der Waals surface area contributed by atoms with Gasteiger partial charge in [-0.25, -0.2) is 9.38 Å². The highest BCUT2D eigenvalue weighted by molar-refractivity contribution is 6.95. The van der Waals surface area contributed by atoms with Gasteiger partial charge in [-0.05, 0) is 41.4 Å². The van der Waals surface area contributed by atoms with E-state index in [1.54, 1.807) is 6.07 Å². The topological polar surface area (TPSA) is 12.4 Å². The Kier molecular flexibility index (Phi) is 2.85. The summed E-state index contributed by atoms with van der Waals surface area (Å²) in [5, 5.41) is 0. The maximum absolute atomic E-state index is 12.5. The van der Waals surface area contributed by atoms with Gasteiger partial charge in [-0.3, -0.25) is 0 Å². The Morgan fingerprint density at radius 3 is 2.64 bits per heavy atom. The van der Waals surface area contributed by atoms with E-state index in [0.717, 1.165) is 0 Å². The number of hydrogen-bond donors (Lipinski definition) is 0. The van der Waals surface area contributed by atoms with E-state index < -0.39 is 0 Å². The van der Waals surface area contributed by atoms with Gasteiger partial charge in [0.25, 0.3) is 0 Å². The Bertz CT molecular complexity index is 282. The van der Waals surface area contributed by atoms with E-state index in [2.05, 4.69) is 4.99 Å². The van der Waals surface area contributed by atoms with Crippen molar-refractivity contribution in [3.63, 3.8) is 0 Å². The van der Waals surface area contributed by atoms with Gasteiger partial charge in [-0.15, -0.1) is 0 Å². The highest BCUT2D eigenvalue weighted by Gasteiger charge is 1.92. The molecule has 0 aliphatic heterocycles. The van der Waals surface area contributed by atoms with Crippen LogP contribution in [0.25, 0.3) is 0 Å². The van der Waals surface area contributed by atoms with Gasteiger partial charge in [0.15, 0.2) is 4.63 Å². The van der Waals surface area contributed by atoms with Crippen molar-refractivity contribution in [2.45, 2.75) is 0 Å². The average Bonchev–Trinajstić information content (AvgIpc) is 1.85. The van der Waals surface area contributed by atoms with Gasteiger partial charge < -0.3 is 0 Å². The normalized spacial score (nSPS) is 9.36. The number of aliphatic imine (C=N–C) groups is 1. The zero-order valence-corrected chi connectivity index (χ0v) is 6.90. The van der Waals surface area contributed by atoms with Crippen molar-refractivity contribution < 1.29 is 4.39 Å². The number of rotatable bonds is 1. The maximum Gasteiger partial charge on any atom is 0.197 e. The minimum Gasteiger partial charge on any atom is -0.225 e. The van der Waals surface area contributed by atoms with Crippen molar-refractivity contribution in [1.29, 1.82) is 0 Å². The van der Waals surface area contributed by atoms with E-state index in [0.29, 0.717) is 5.69 Å². The molecule has 0 unspecified atom stereocenters. The van der Waals surface area contributed by atoms with Crippen molar-refractivity contribution in [2.75, 3.05) is 0 Å². The molecule has 0 amide bonds. The fourth-order valence-corrected chi connectivity index (χ4v) is 0.838. The summed E-state index contributed by atoms with van der Waals surface area (Å²) in [5.41, 5.74) is 0.407. The van der Waals surface area contributed by atoms with E-state index in [1.165, 1.54) is 18.2 Å². The van der Waals surface area contributed by atoms with Crippen molar-refractivity contribution in [3.05, 3.63) is 30.1 Å². The van der Waals surface area contributed by atoms with Crippen LogP contribution in [-0.2, 0) is 0 Å². The second-order valence-electron chi connectivity index (χ2n) is 1.83. The Labute approximate surface area is 73.5 Å². The van der Waals surface area contributed by atoms with Crippen molar-refractivity contribution in [1.82, 2.24) is 0 Å². The van der Waals surface area contributed by atoms with E-state index in [1.807, 2.05) is 0 Å². The smallest absolute Gasteiger partial charge is 0.197 e. The largest absolute Gasteiger partial charge is 0.225 e. The molecule has 0 saturated carbocycles.